The lowest BCUT2D eigenvalue weighted by Gasteiger charge is -2.35. The molecule has 0 aromatic carbocycles. The highest BCUT2D eigenvalue weighted by Crippen LogP contribution is 2.41. The first kappa shape index (κ1) is 21.8. The molecule has 0 unspecified atom stereocenters. The highest BCUT2D eigenvalue weighted by atomic mass is 16.2. The van der Waals surface area contributed by atoms with Crippen molar-refractivity contribution < 1.29 is 4.79 Å². The third-order valence-electron chi connectivity index (χ3n) is 7.28. The van der Waals surface area contributed by atoms with Crippen molar-refractivity contribution in [2.75, 3.05) is 52.4 Å². The Morgan fingerprint density at radius 2 is 1.62 bits per heavy atom. The van der Waals surface area contributed by atoms with Crippen LogP contribution in [0.15, 0.2) is 6.07 Å². The van der Waals surface area contributed by atoms with E-state index in [0.717, 1.165) is 67.3 Å². The van der Waals surface area contributed by atoms with Crippen LogP contribution in [0.5, 0.6) is 0 Å². The number of carbonyl (C=O) groups is 1. The van der Waals surface area contributed by atoms with Crippen LogP contribution in [0.2, 0.25) is 0 Å². The molecule has 2 saturated heterocycles. The third kappa shape index (κ3) is 4.29. The molecule has 0 N–H and O–H groups in total. The van der Waals surface area contributed by atoms with Gasteiger partial charge >= 0.3 is 0 Å². The molecule has 0 radical (unpaired) electrons. The molecule has 1 amide bonds. The SMILES string of the molecule is Cc1nn(C(C)(C)C)c2nc(C3CC3)cc(C(=O)N3CCN(CCN4CCCC4)CC3)c12. The van der Waals surface area contributed by atoms with Gasteiger partial charge in [-0.15, -0.1) is 0 Å². The Morgan fingerprint density at radius 1 is 1.00 bits per heavy atom. The molecule has 174 valence electrons. The van der Waals surface area contributed by atoms with Crippen molar-refractivity contribution >= 4 is 16.9 Å². The van der Waals surface area contributed by atoms with E-state index in [0.29, 0.717) is 5.92 Å². The maximum atomic E-state index is 13.7. The van der Waals surface area contributed by atoms with E-state index in [1.54, 1.807) is 0 Å². The zero-order valence-electron chi connectivity index (χ0n) is 20.2. The standard InChI is InChI=1S/C25H38N6O/c1-18-22-20(17-21(19-7-8-19)26-23(22)31(27-18)25(2,3)4)24(32)30-15-13-29(14-16-30)12-11-28-9-5-6-10-28/h17,19H,5-16H2,1-4H3. The normalized spacial score (nSPS) is 21.1. The van der Waals surface area contributed by atoms with E-state index in [2.05, 4.69) is 36.6 Å². The van der Waals surface area contributed by atoms with E-state index in [9.17, 15) is 4.79 Å². The number of nitrogens with zero attached hydrogens (tertiary/aromatic N) is 6. The Balaban J connectivity index is 1.36. The highest BCUT2D eigenvalue weighted by molar-refractivity contribution is 6.06. The summed E-state index contributed by atoms with van der Waals surface area (Å²) in [6.45, 7) is 16.8. The van der Waals surface area contributed by atoms with Gasteiger partial charge in [0.1, 0.15) is 0 Å². The summed E-state index contributed by atoms with van der Waals surface area (Å²) in [5.74, 6) is 0.645. The fraction of sp³-hybridized carbons (Fsp3) is 0.720. The summed E-state index contributed by atoms with van der Waals surface area (Å²) in [4.78, 5) is 25.9. The molecule has 2 aromatic heterocycles. The molecule has 1 saturated carbocycles. The van der Waals surface area contributed by atoms with E-state index in [4.69, 9.17) is 10.1 Å². The number of hydrogen-bond acceptors (Lipinski definition) is 5. The van der Waals surface area contributed by atoms with Gasteiger partial charge in [-0.05, 0) is 72.5 Å². The second-order valence-electron chi connectivity index (χ2n) is 10.9. The number of rotatable bonds is 5. The van der Waals surface area contributed by atoms with Gasteiger partial charge in [-0.1, -0.05) is 0 Å². The van der Waals surface area contributed by atoms with Crippen LogP contribution in [0.1, 0.15) is 74.1 Å². The number of likely N-dealkylation sites (tertiary alicyclic amines) is 1. The monoisotopic (exact) mass is 438 g/mol. The Labute approximate surface area is 191 Å². The topological polar surface area (TPSA) is 57.5 Å². The average Bonchev–Trinajstić information content (AvgIpc) is 3.38. The molecule has 7 nitrogen and oxygen atoms in total. The van der Waals surface area contributed by atoms with Crippen molar-refractivity contribution in [2.24, 2.45) is 0 Å². The minimum Gasteiger partial charge on any atom is -0.336 e. The summed E-state index contributed by atoms with van der Waals surface area (Å²) in [7, 11) is 0. The first-order valence-corrected chi connectivity index (χ1v) is 12.5. The van der Waals surface area contributed by atoms with Crippen LogP contribution >= 0.6 is 0 Å². The number of amides is 1. The van der Waals surface area contributed by atoms with Gasteiger partial charge in [0.15, 0.2) is 5.65 Å². The smallest absolute Gasteiger partial charge is 0.254 e. The maximum absolute atomic E-state index is 13.7. The van der Waals surface area contributed by atoms with Crippen molar-refractivity contribution in [3.8, 4) is 0 Å². The molecule has 0 bridgehead atoms. The van der Waals surface area contributed by atoms with Crippen molar-refractivity contribution in [1.82, 2.24) is 29.5 Å². The van der Waals surface area contributed by atoms with Crippen LogP contribution < -0.4 is 0 Å². The minimum atomic E-state index is -0.178. The van der Waals surface area contributed by atoms with Crippen LogP contribution in [-0.4, -0.2) is 87.7 Å². The van der Waals surface area contributed by atoms with Crippen LogP contribution in [0, 0.1) is 6.92 Å². The number of fused-ring (bicyclic) bond motifs is 1. The summed E-state index contributed by atoms with van der Waals surface area (Å²) in [6, 6.07) is 2.07. The average molecular weight is 439 g/mol. The second kappa shape index (κ2) is 8.41. The van der Waals surface area contributed by atoms with Gasteiger partial charge in [0, 0.05) is 50.9 Å². The van der Waals surface area contributed by atoms with Crippen LogP contribution in [-0.2, 0) is 5.54 Å². The Morgan fingerprint density at radius 3 is 2.22 bits per heavy atom. The van der Waals surface area contributed by atoms with Crippen molar-refractivity contribution in [3.63, 3.8) is 0 Å². The first-order valence-electron chi connectivity index (χ1n) is 12.5. The Bertz CT molecular complexity index is 988. The molecule has 4 heterocycles. The molecule has 2 aliphatic heterocycles. The van der Waals surface area contributed by atoms with Crippen LogP contribution in [0.4, 0.5) is 0 Å². The summed E-state index contributed by atoms with van der Waals surface area (Å²) < 4.78 is 2.01. The molecule has 32 heavy (non-hydrogen) atoms. The van der Waals surface area contributed by atoms with Gasteiger partial charge < -0.3 is 9.80 Å². The fourth-order valence-electron chi connectivity index (χ4n) is 5.17. The Kier molecular flexibility index (Phi) is 5.74. The van der Waals surface area contributed by atoms with Crippen LogP contribution in [0.25, 0.3) is 11.0 Å². The predicted octanol–water partition coefficient (Wildman–Crippen LogP) is 3.23. The second-order valence-corrected chi connectivity index (χ2v) is 10.9. The number of pyridine rings is 1. The molecule has 7 heteroatoms. The minimum absolute atomic E-state index is 0.148. The van der Waals surface area contributed by atoms with Gasteiger partial charge in [0.05, 0.1) is 22.2 Å². The van der Waals surface area contributed by atoms with E-state index in [1.165, 1.54) is 38.8 Å². The molecule has 2 aromatic rings. The first-order chi connectivity index (χ1) is 15.3. The lowest BCUT2D eigenvalue weighted by Crippen LogP contribution is -2.50. The summed E-state index contributed by atoms with van der Waals surface area (Å²) in [5, 5.41) is 5.75. The molecule has 0 atom stereocenters. The van der Waals surface area contributed by atoms with E-state index >= 15 is 0 Å². The predicted molar refractivity (Wildman–Crippen MR) is 127 cm³/mol. The highest BCUT2D eigenvalue weighted by Gasteiger charge is 2.32. The number of piperazine rings is 1. The van der Waals surface area contributed by atoms with E-state index in [-0.39, 0.29) is 11.4 Å². The largest absolute Gasteiger partial charge is 0.336 e. The molecule has 3 aliphatic rings. The van der Waals surface area contributed by atoms with Gasteiger partial charge in [-0.25, -0.2) is 9.67 Å². The number of aromatic nitrogens is 3. The molecule has 0 spiro atoms. The number of aryl methyl sites for hydroxylation is 1. The van der Waals surface area contributed by atoms with Crippen LogP contribution in [0.3, 0.4) is 0 Å². The number of carbonyl (C=O) groups excluding carboxylic acids is 1. The van der Waals surface area contributed by atoms with Gasteiger partial charge in [0.2, 0.25) is 0 Å². The quantitative estimate of drug-likeness (QED) is 0.717. The summed E-state index contributed by atoms with van der Waals surface area (Å²) in [6.07, 6.45) is 5.03. The lowest BCUT2D eigenvalue weighted by atomic mass is 10.1. The fourth-order valence-corrected chi connectivity index (χ4v) is 5.17. The molecular weight excluding hydrogens is 400 g/mol. The molecule has 3 fully saturated rings. The molecule has 1 aliphatic carbocycles. The zero-order valence-corrected chi connectivity index (χ0v) is 20.2. The van der Waals surface area contributed by atoms with E-state index in [1.807, 2.05) is 16.5 Å². The molecular formula is C25H38N6O. The Hall–Kier alpha value is -1.99. The van der Waals surface area contributed by atoms with Crippen molar-refractivity contribution in [3.05, 3.63) is 23.0 Å². The lowest BCUT2D eigenvalue weighted by molar-refractivity contribution is 0.0628. The zero-order chi connectivity index (χ0) is 22.5. The summed E-state index contributed by atoms with van der Waals surface area (Å²) in [5.41, 5.74) is 3.46. The number of hydrogen-bond donors (Lipinski definition) is 0. The summed E-state index contributed by atoms with van der Waals surface area (Å²) >= 11 is 0. The van der Waals surface area contributed by atoms with Gasteiger partial charge in [0.25, 0.3) is 5.91 Å². The van der Waals surface area contributed by atoms with Gasteiger partial charge in [-0.3, -0.25) is 9.69 Å². The molecule has 5 rings (SSSR count). The maximum Gasteiger partial charge on any atom is 0.254 e. The van der Waals surface area contributed by atoms with E-state index < -0.39 is 0 Å². The van der Waals surface area contributed by atoms with Crippen molar-refractivity contribution in [2.45, 2.75) is 64.8 Å². The van der Waals surface area contributed by atoms with Gasteiger partial charge in [-0.2, -0.15) is 5.10 Å². The van der Waals surface area contributed by atoms with Crippen molar-refractivity contribution in [1.29, 1.82) is 0 Å². The third-order valence-corrected chi connectivity index (χ3v) is 7.28.